The highest BCUT2D eigenvalue weighted by atomic mass is 32.1. The van der Waals surface area contributed by atoms with E-state index in [4.69, 9.17) is 4.74 Å². The molecule has 1 heterocycles. The molecular weight excluding hydrogens is 323 g/mol. The van der Waals surface area contributed by atoms with Crippen molar-refractivity contribution in [2.24, 2.45) is 0 Å². The number of rotatable bonds is 5. The number of hydrogen-bond acceptors (Lipinski definition) is 5. The van der Waals surface area contributed by atoms with E-state index in [9.17, 15) is 18.8 Å². The van der Waals surface area contributed by atoms with Crippen molar-refractivity contribution in [1.29, 1.82) is 0 Å². The number of ketones is 1. The second-order valence-corrected chi connectivity index (χ2v) is 5.55. The van der Waals surface area contributed by atoms with Gasteiger partial charge < -0.3 is 4.74 Å². The predicted molar refractivity (Wildman–Crippen MR) is 81.8 cm³/mol. The Morgan fingerprint density at radius 2 is 1.70 bits per heavy atom. The first kappa shape index (κ1) is 16.6. The zero-order valence-corrected chi connectivity index (χ0v) is 12.9. The Bertz CT molecular complexity index is 727. The van der Waals surface area contributed by atoms with E-state index in [1.807, 2.05) is 0 Å². The van der Waals surface area contributed by atoms with Gasteiger partial charge in [-0.2, -0.15) is 0 Å². The number of halogens is 1. The summed E-state index contributed by atoms with van der Waals surface area (Å²) in [6.45, 7) is 1.07. The normalized spacial score (nSPS) is 10.0. The minimum absolute atomic E-state index is 0.134. The van der Waals surface area contributed by atoms with Gasteiger partial charge in [-0.25, -0.2) is 4.39 Å². The van der Waals surface area contributed by atoms with Crippen molar-refractivity contribution in [1.82, 2.24) is 10.9 Å². The number of ether oxygens (including phenoxy) is 1. The lowest BCUT2D eigenvalue weighted by atomic mass is 10.3. The summed E-state index contributed by atoms with van der Waals surface area (Å²) >= 11 is 1.03. The lowest BCUT2D eigenvalue weighted by molar-refractivity contribution is -0.123. The van der Waals surface area contributed by atoms with E-state index < -0.39 is 17.6 Å². The van der Waals surface area contributed by atoms with Crippen molar-refractivity contribution in [3.63, 3.8) is 0 Å². The van der Waals surface area contributed by atoms with Gasteiger partial charge in [-0.3, -0.25) is 25.2 Å². The fourth-order valence-electron chi connectivity index (χ4n) is 1.55. The van der Waals surface area contributed by atoms with Gasteiger partial charge >= 0.3 is 0 Å². The maximum atomic E-state index is 12.7. The number of hydrazine groups is 1. The molecule has 0 saturated carbocycles. The van der Waals surface area contributed by atoms with E-state index in [0.29, 0.717) is 15.5 Å². The largest absolute Gasteiger partial charge is 0.484 e. The van der Waals surface area contributed by atoms with Gasteiger partial charge in [-0.05, 0) is 43.3 Å². The standard InChI is InChI=1S/C15H13FN2O4S/c1-9(19)12-6-7-13(23-12)15(21)18-17-14(20)8-22-11-4-2-10(16)3-5-11/h2-7H,8H2,1H3,(H,17,20)(H,18,21). The van der Waals surface area contributed by atoms with Crippen molar-refractivity contribution in [3.8, 4) is 5.75 Å². The Balaban J connectivity index is 1.78. The summed E-state index contributed by atoms with van der Waals surface area (Å²) in [5.41, 5.74) is 4.40. The van der Waals surface area contributed by atoms with Gasteiger partial charge in [0.15, 0.2) is 12.4 Å². The molecule has 0 spiro atoms. The lowest BCUT2D eigenvalue weighted by Crippen LogP contribution is -2.43. The van der Waals surface area contributed by atoms with Crippen molar-refractivity contribution >= 4 is 28.9 Å². The molecule has 0 unspecified atom stereocenters. The first-order valence-electron chi connectivity index (χ1n) is 6.54. The van der Waals surface area contributed by atoms with Crippen molar-refractivity contribution in [3.05, 3.63) is 52.0 Å². The van der Waals surface area contributed by atoms with Gasteiger partial charge in [0, 0.05) is 0 Å². The summed E-state index contributed by atoms with van der Waals surface area (Å²) in [5, 5.41) is 0. The number of carbonyl (C=O) groups is 3. The van der Waals surface area contributed by atoms with Crippen LogP contribution in [-0.2, 0) is 4.79 Å². The first-order chi connectivity index (χ1) is 11.0. The highest BCUT2D eigenvalue weighted by Gasteiger charge is 2.12. The average molecular weight is 336 g/mol. The monoisotopic (exact) mass is 336 g/mol. The summed E-state index contributed by atoms with van der Waals surface area (Å²) in [6, 6.07) is 8.22. The molecule has 6 nitrogen and oxygen atoms in total. The SMILES string of the molecule is CC(=O)c1ccc(C(=O)NNC(=O)COc2ccc(F)cc2)s1. The third-order valence-electron chi connectivity index (χ3n) is 2.68. The molecule has 8 heteroatoms. The summed E-state index contributed by atoms with van der Waals surface area (Å²) in [7, 11) is 0. The van der Waals surface area contributed by atoms with E-state index in [0.717, 1.165) is 11.3 Å². The third kappa shape index (κ3) is 4.89. The van der Waals surface area contributed by atoms with E-state index in [-0.39, 0.29) is 12.4 Å². The Morgan fingerprint density at radius 3 is 2.30 bits per heavy atom. The number of amides is 2. The van der Waals surface area contributed by atoms with Crippen LogP contribution in [0.25, 0.3) is 0 Å². The van der Waals surface area contributed by atoms with Crippen molar-refractivity contribution < 1.29 is 23.5 Å². The molecule has 0 saturated heterocycles. The molecule has 120 valence electrons. The van der Waals surface area contributed by atoms with Gasteiger partial charge in [-0.1, -0.05) is 0 Å². The van der Waals surface area contributed by atoms with Gasteiger partial charge in [-0.15, -0.1) is 11.3 Å². The van der Waals surface area contributed by atoms with Gasteiger partial charge in [0.2, 0.25) is 0 Å². The topological polar surface area (TPSA) is 84.5 Å². The summed E-state index contributed by atoms with van der Waals surface area (Å²) in [4.78, 5) is 35.3. The Hall–Kier alpha value is -2.74. The molecule has 0 atom stereocenters. The molecule has 2 aromatic rings. The average Bonchev–Trinajstić information content (AvgIpc) is 3.02. The Kier molecular flexibility index (Phi) is 5.42. The molecule has 0 radical (unpaired) electrons. The molecule has 1 aromatic carbocycles. The zero-order chi connectivity index (χ0) is 16.8. The number of thiophene rings is 1. The van der Waals surface area contributed by atoms with Crippen LogP contribution in [0.15, 0.2) is 36.4 Å². The van der Waals surface area contributed by atoms with E-state index in [1.165, 1.54) is 37.3 Å². The number of benzene rings is 1. The molecule has 0 fully saturated rings. The number of hydrogen-bond donors (Lipinski definition) is 2. The molecule has 0 aliphatic heterocycles. The van der Waals surface area contributed by atoms with Crippen molar-refractivity contribution in [2.75, 3.05) is 6.61 Å². The molecule has 23 heavy (non-hydrogen) atoms. The summed E-state index contributed by atoms with van der Waals surface area (Å²) in [6.07, 6.45) is 0. The molecule has 1 aromatic heterocycles. The second kappa shape index (κ2) is 7.50. The van der Waals surface area contributed by atoms with Crippen LogP contribution in [0.5, 0.6) is 5.75 Å². The minimum atomic E-state index is -0.578. The maximum Gasteiger partial charge on any atom is 0.279 e. The van der Waals surface area contributed by atoms with Crippen LogP contribution < -0.4 is 15.6 Å². The molecule has 0 aliphatic rings. The molecule has 0 aliphatic carbocycles. The van der Waals surface area contributed by atoms with E-state index in [1.54, 1.807) is 6.07 Å². The Morgan fingerprint density at radius 1 is 1.04 bits per heavy atom. The van der Waals surface area contributed by atoms with Crippen LogP contribution in [0.3, 0.4) is 0 Å². The number of nitrogens with one attached hydrogen (secondary N) is 2. The Labute approximate surface area is 135 Å². The summed E-state index contributed by atoms with van der Waals surface area (Å²) in [5.74, 6) is -1.32. The number of Topliss-reactive ketones (excluding diaryl/α,β-unsaturated/α-hetero) is 1. The fraction of sp³-hybridized carbons (Fsp3) is 0.133. The zero-order valence-electron chi connectivity index (χ0n) is 12.1. The second-order valence-electron chi connectivity index (χ2n) is 4.46. The minimum Gasteiger partial charge on any atom is -0.484 e. The quantitative estimate of drug-likeness (QED) is 0.645. The van der Waals surface area contributed by atoms with Gasteiger partial charge in [0.25, 0.3) is 11.8 Å². The van der Waals surface area contributed by atoms with Crippen LogP contribution in [-0.4, -0.2) is 24.2 Å². The van der Waals surface area contributed by atoms with Crippen LogP contribution in [0, 0.1) is 5.82 Å². The van der Waals surface area contributed by atoms with Gasteiger partial charge in [0.05, 0.1) is 9.75 Å². The highest BCUT2D eigenvalue weighted by Crippen LogP contribution is 2.16. The van der Waals surface area contributed by atoms with Gasteiger partial charge in [0.1, 0.15) is 11.6 Å². The first-order valence-corrected chi connectivity index (χ1v) is 7.35. The maximum absolute atomic E-state index is 12.7. The molecule has 2 N–H and O–H groups in total. The smallest absolute Gasteiger partial charge is 0.279 e. The molecular formula is C15H13FN2O4S. The molecule has 2 amide bonds. The van der Waals surface area contributed by atoms with Crippen molar-refractivity contribution in [2.45, 2.75) is 6.92 Å². The van der Waals surface area contributed by atoms with Crippen LogP contribution in [0.2, 0.25) is 0 Å². The molecule has 2 rings (SSSR count). The molecule has 0 bridgehead atoms. The lowest BCUT2D eigenvalue weighted by Gasteiger charge is -2.08. The fourth-order valence-corrected chi connectivity index (χ4v) is 2.35. The number of carbonyl (C=O) groups excluding carboxylic acids is 3. The van der Waals surface area contributed by atoms with Crippen LogP contribution >= 0.6 is 11.3 Å². The predicted octanol–water partition coefficient (Wildman–Crippen LogP) is 1.93. The third-order valence-corrected chi connectivity index (χ3v) is 3.86. The van der Waals surface area contributed by atoms with Crippen LogP contribution in [0.4, 0.5) is 4.39 Å². The van der Waals surface area contributed by atoms with Crippen LogP contribution in [0.1, 0.15) is 26.3 Å². The van der Waals surface area contributed by atoms with E-state index in [2.05, 4.69) is 10.9 Å². The summed E-state index contributed by atoms with van der Waals surface area (Å²) < 4.78 is 17.8. The highest BCUT2D eigenvalue weighted by molar-refractivity contribution is 7.15. The van der Waals surface area contributed by atoms with E-state index >= 15 is 0 Å².